The third-order valence-corrected chi connectivity index (χ3v) is 5.50. The topological polar surface area (TPSA) is 38.7 Å². The summed E-state index contributed by atoms with van der Waals surface area (Å²) >= 11 is 0. The molecule has 0 radical (unpaired) electrons. The highest BCUT2D eigenvalue weighted by atomic mass is 16.7. The van der Waals surface area contributed by atoms with Gasteiger partial charge in [-0.2, -0.15) is 0 Å². The van der Waals surface area contributed by atoms with Crippen molar-refractivity contribution in [2.24, 2.45) is 23.2 Å². The maximum absolute atomic E-state index is 9.88. The molecule has 1 heterocycles. The second-order valence-electron chi connectivity index (χ2n) is 7.34. The first-order valence-electron chi connectivity index (χ1n) is 7.48. The molecule has 3 nitrogen and oxygen atoms in total. The second-order valence-corrected chi connectivity index (χ2v) is 7.34. The van der Waals surface area contributed by atoms with Crippen LogP contribution in [0.25, 0.3) is 0 Å². The van der Waals surface area contributed by atoms with Gasteiger partial charge < -0.3 is 14.6 Å². The van der Waals surface area contributed by atoms with Crippen molar-refractivity contribution < 1.29 is 14.6 Å². The number of aliphatic hydroxyl groups is 1. The molecule has 0 spiro atoms. The van der Waals surface area contributed by atoms with E-state index in [9.17, 15) is 5.11 Å². The maximum atomic E-state index is 9.88. The van der Waals surface area contributed by atoms with E-state index >= 15 is 0 Å². The predicted molar refractivity (Wildman–Crippen MR) is 73.6 cm³/mol. The molecule has 3 rings (SSSR count). The van der Waals surface area contributed by atoms with E-state index in [4.69, 9.17) is 9.47 Å². The van der Waals surface area contributed by atoms with Crippen LogP contribution in [0.3, 0.4) is 0 Å². The van der Waals surface area contributed by atoms with Crippen molar-refractivity contribution in [2.45, 2.75) is 52.4 Å². The van der Waals surface area contributed by atoms with Crippen LogP contribution in [0.15, 0.2) is 11.1 Å². The zero-order valence-electron chi connectivity index (χ0n) is 12.5. The Kier molecular flexibility index (Phi) is 3.27. The highest BCUT2D eigenvalue weighted by Gasteiger charge is 2.50. The number of hydrogen-bond donors (Lipinski definition) is 1. The van der Waals surface area contributed by atoms with Gasteiger partial charge in [0.1, 0.15) is 0 Å². The van der Waals surface area contributed by atoms with Crippen molar-refractivity contribution in [1.82, 2.24) is 0 Å². The summed E-state index contributed by atoms with van der Waals surface area (Å²) in [6, 6.07) is 0. The molecule has 5 unspecified atom stereocenters. The zero-order chi connectivity index (χ0) is 13.8. The van der Waals surface area contributed by atoms with Crippen LogP contribution in [0.4, 0.5) is 0 Å². The van der Waals surface area contributed by atoms with Crippen LogP contribution in [-0.2, 0) is 9.47 Å². The molecule has 2 bridgehead atoms. The Bertz CT molecular complexity index is 399. The lowest BCUT2D eigenvalue weighted by Gasteiger charge is -2.29. The van der Waals surface area contributed by atoms with Gasteiger partial charge in [-0.1, -0.05) is 26.3 Å². The molecule has 19 heavy (non-hydrogen) atoms. The Morgan fingerprint density at radius 2 is 2.11 bits per heavy atom. The fourth-order valence-corrected chi connectivity index (χ4v) is 4.56. The molecule has 0 aromatic carbocycles. The van der Waals surface area contributed by atoms with E-state index in [0.717, 1.165) is 12.8 Å². The molecule has 1 N–H and O–H groups in total. The van der Waals surface area contributed by atoms with E-state index in [0.29, 0.717) is 17.3 Å². The van der Waals surface area contributed by atoms with Gasteiger partial charge in [0.05, 0.1) is 12.7 Å². The number of hydrogen-bond acceptors (Lipinski definition) is 3. The number of ether oxygens (including phenoxy) is 2. The van der Waals surface area contributed by atoms with Gasteiger partial charge >= 0.3 is 0 Å². The van der Waals surface area contributed by atoms with Crippen molar-refractivity contribution in [2.75, 3.05) is 13.7 Å². The summed E-state index contributed by atoms with van der Waals surface area (Å²) in [6.07, 6.45) is 3.48. The minimum atomic E-state index is -0.160. The van der Waals surface area contributed by atoms with Gasteiger partial charge in [-0.3, -0.25) is 0 Å². The van der Waals surface area contributed by atoms with Gasteiger partial charge in [0.15, 0.2) is 6.29 Å². The minimum Gasteiger partial charge on any atom is -0.392 e. The molecule has 3 aliphatic rings. The summed E-state index contributed by atoms with van der Waals surface area (Å²) < 4.78 is 11.6. The highest BCUT2D eigenvalue weighted by Crippen LogP contribution is 2.55. The van der Waals surface area contributed by atoms with Crippen molar-refractivity contribution in [3.63, 3.8) is 0 Å². The molecule has 0 aromatic rings. The Morgan fingerprint density at radius 3 is 2.74 bits per heavy atom. The monoisotopic (exact) mass is 266 g/mol. The third kappa shape index (κ3) is 2.07. The first-order chi connectivity index (χ1) is 8.96. The van der Waals surface area contributed by atoms with E-state index in [1.807, 2.05) is 0 Å². The van der Waals surface area contributed by atoms with E-state index in [-0.39, 0.29) is 24.9 Å². The highest BCUT2D eigenvalue weighted by molar-refractivity contribution is 5.30. The van der Waals surface area contributed by atoms with Crippen LogP contribution in [-0.4, -0.2) is 31.2 Å². The third-order valence-electron chi connectivity index (χ3n) is 5.50. The lowest BCUT2D eigenvalue weighted by atomic mass is 9.83. The summed E-state index contributed by atoms with van der Waals surface area (Å²) in [6.45, 7) is 7.15. The van der Waals surface area contributed by atoms with Gasteiger partial charge in [-0.15, -0.1) is 0 Å². The molecular formula is C16H26O3. The average Bonchev–Trinajstić information content (AvgIpc) is 2.88. The van der Waals surface area contributed by atoms with Crippen LogP contribution in [0.5, 0.6) is 0 Å². The molecule has 0 amide bonds. The number of rotatable bonds is 2. The minimum absolute atomic E-state index is 0.160. The Morgan fingerprint density at radius 1 is 1.37 bits per heavy atom. The van der Waals surface area contributed by atoms with Crippen LogP contribution < -0.4 is 0 Å². The van der Waals surface area contributed by atoms with Crippen LogP contribution in [0.1, 0.15) is 40.0 Å². The fourth-order valence-electron chi connectivity index (χ4n) is 4.56. The fraction of sp³-hybridized carbons (Fsp3) is 0.875. The van der Waals surface area contributed by atoms with Crippen LogP contribution >= 0.6 is 0 Å². The van der Waals surface area contributed by atoms with E-state index in [2.05, 4.69) is 20.8 Å². The molecule has 1 aliphatic heterocycles. The number of aliphatic hydroxyl groups excluding tert-OH is 1. The smallest absolute Gasteiger partial charge is 0.164 e. The maximum Gasteiger partial charge on any atom is 0.164 e. The molecular weight excluding hydrogens is 240 g/mol. The molecule has 108 valence electrons. The summed E-state index contributed by atoms with van der Waals surface area (Å²) in [5, 5.41) is 9.88. The van der Waals surface area contributed by atoms with E-state index in [1.54, 1.807) is 7.11 Å². The van der Waals surface area contributed by atoms with E-state index < -0.39 is 0 Å². The lowest BCUT2D eigenvalue weighted by molar-refractivity contribution is -0.141. The standard InChI is InChI=1S/C16H26O3/c1-9-11-6-16(2,3)7-12(11)13(8-17)10-5-14(9)19-15(10)18-4/h9-11,14-15,17H,5-8H2,1-4H3. The predicted octanol–water partition coefficient (Wildman–Crippen LogP) is 2.74. The molecule has 5 atom stereocenters. The molecule has 2 fully saturated rings. The molecule has 2 aliphatic carbocycles. The van der Waals surface area contributed by atoms with Crippen LogP contribution in [0, 0.1) is 23.2 Å². The van der Waals surface area contributed by atoms with E-state index in [1.165, 1.54) is 17.6 Å². The SMILES string of the molecule is COC1OC2CC1C(CO)=C1CC(C)(C)CC1C2C. The van der Waals surface area contributed by atoms with Gasteiger partial charge in [0.25, 0.3) is 0 Å². The van der Waals surface area contributed by atoms with Gasteiger partial charge in [0, 0.05) is 13.0 Å². The Hall–Kier alpha value is -0.380. The van der Waals surface area contributed by atoms with Crippen molar-refractivity contribution in [1.29, 1.82) is 0 Å². The molecule has 0 aromatic heterocycles. The normalized spacial score (nSPS) is 44.4. The van der Waals surface area contributed by atoms with Gasteiger partial charge in [0.2, 0.25) is 0 Å². The Labute approximate surface area is 116 Å². The van der Waals surface area contributed by atoms with Crippen molar-refractivity contribution >= 4 is 0 Å². The van der Waals surface area contributed by atoms with Crippen molar-refractivity contribution in [3.05, 3.63) is 11.1 Å². The van der Waals surface area contributed by atoms with Crippen LogP contribution in [0.2, 0.25) is 0 Å². The largest absolute Gasteiger partial charge is 0.392 e. The van der Waals surface area contributed by atoms with Gasteiger partial charge in [-0.05, 0) is 42.1 Å². The Balaban J connectivity index is 2.04. The lowest BCUT2D eigenvalue weighted by Crippen LogP contribution is -2.29. The summed E-state index contributed by atoms with van der Waals surface area (Å²) in [5.74, 6) is 1.38. The second kappa shape index (κ2) is 4.57. The summed E-state index contributed by atoms with van der Waals surface area (Å²) in [4.78, 5) is 0. The molecule has 1 saturated heterocycles. The summed E-state index contributed by atoms with van der Waals surface area (Å²) in [5.41, 5.74) is 3.08. The number of fused-ring (bicyclic) bond motifs is 3. The van der Waals surface area contributed by atoms with Gasteiger partial charge in [-0.25, -0.2) is 0 Å². The quantitative estimate of drug-likeness (QED) is 0.781. The molecule has 3 heteroatoms. The number of allylic oxidation sites excluding steroid dienone is 1. The van der Waals surface area contributed by atoms with Crippen molar-refractivity contribution in [3.8, 4) is 0 Å². The zero-order valence-corrected chi connectivity index (χ0v) is 12.5. The first kappa shape index (κ1) is 13.6. The molecule has 1 saturated carbocycles. The average molecular weight is 266 g/mol. The first-order valence-corrected chi connectivity index (χ1v) is 7.48. The summed E-state index contributed by atoms with van der Waals surface area (Å²) in [7, 11) is 1.71. The number of methoxy groups -OCH3 is 1.